The van der Waals surface area contributed by atoms with Crippen molar-refractivity contribution in [2.24, 2.45) is 4.99 Å². The molecule has 29 heavy (non-hydrogen) atoms. The van der Waals surface area contributed by atoms with Gasteiger partial charge in [0.25, 0.3) is 0 Å². The van der Waals surface area contributed by atoms with Crippen LogP contribution in [0.25, 0.3) is 0 Å². The van der Waals surface area contributed by atoms with E-state index in [4.69, 9.17) is 4.74 Å². The van der Waals surface area contributed by atoms with E-state index in [1.54, 1.807) is 0 Å². The summed E-state index contributed by atoms with van der Waals surface area (Å²) >= 11 is 0. The van der Waals surface area contributed by atoms with Gasteiger partial charge < -0.3 is 20.3 Å². The molecule has 1 rings (SSSR count). The van der Waals surface area contributed by atoms with Gasteiger partial charge in [0.2, 0.25) is 0 Å². The van der Waals surface area contributed by atoms with Crippen molar-refractivity contribution >= 4 is 29.9 Å². The first kappa shape index (κ1) is 28.1. The van der Waals surface area contributed by atoms with Crippen molar-refractivity contribution < 1.29 is 4.74 Å². The Labute approximate surface area is 196 Å². The Bertz CT molecular complexity index is 509. The van der Waals surface area contributed by atoms with Gasteiger partial charge in [-0.05, 0) is 64.2 Å². The molecular formula is C23H43IN4O. The van der Waals surface area contributed by atoms with Crippen molar-refractivity contribution in [3.8, 4) is 0 Å². The van der Waals surface area contributed by atoms with Crippen molar-refractivity contribution in [2.75, 3.05) is 46.4 Å². The zero-order chi connectivity index (χ0) is 20.5. The number of benzene rings is 1. The van der Waals surface area contributed by atoms with Crippen LogP contribution in [0.4, 0.5) is 0 Å². The van der Waals surface area contributed by atoms with Crippen molar-refractivity contribution in [1.82, 2.24) is 15.5 Å². The molecule has 0 aliphatic carbocycles. The average molecular weight is 519 g/mol. The number of hydrogen-bond acceptors (Lipinski definition) is 3. The molecule has 0 fully saturated rings. The van der Waals surface area contributed by atoms with Crippen molar-refractivity contribution in [2.45, 2.75) is 58.9 Å². The van der Waals surface area contributed by atoms with E-state index >= 15 is 0 Å². The third-order valence-corrected chi connectivity index (χ3v) is 5.00. The number of hydrogen-bond donors (Lipinski definition) is 2. The number of aliphatic imine (C=N–C) groups is 1. The molecule has 1 unspecified atom stereocenters. The molecule has 0 aromatic heterocycles. The van der Waals surface area contributed by atoms with Crippen LogP contribution in [0.3, 0.4) is 0 Å². The molecule has 0 aliphatic heterocycles. The molecule has 0 saturated carbocycles. The highest BCUT2D eigenvalue weighted by molar-refractivity contribution is 14.0. The Balaban J connectivity index is 0.00000784. The van der Waals surface area contributed by atoms with Crippen LogP contribution in [0.2, 0.25) is 0 Å². The topological polar surface area (TPSA) is 48.9 Å². The van der Waals surface area contributed by atoms with Crippen LogP contribution < -0.4 is 10.6 Å². The number of rotatable bonds is 15. The molecule has 1 aromatic carbocycles. The molecule has 0 amide bonds. The number of unbranched alkanes of at least 4 members (excludes halogenated alkanes) is 1. The summed E-state index contributed by atoms with van der Waals surface area (Å²) in [7, 11) is 1.84. The second-order valence-electron chi connectivity index (χ2n) is 7.27. The van der Waals surface area contributed by atoms with Gasteiger partial charge in [0.1, 0.15) is 0 Å². The minimum absolute atomic E-state index is 0. The second kappa shape index (κ2) is 19.1. The van der Waals surface area contributed by atoms with Gasteiger partial charge in [-0.25, -0.2) is 0 Å². The molecule has 5 nitrogen and oxygen atoms in total. The van der Waals surface area contributed by atoms with Gasteiger partial charge in [-0.15, -0.1) is 24.0 Å². The van der Waals surface area contributed by atoms with E-state index in [-0.39, 0.29) is 24.0 Å². The van der Waals surface area contributed by atoms with Gasteiger partial charge in [0.05, 0.1) is 6.61 Å². The predicted molar refractivity (Wildman–Crippen MR) is 137 cm³/mol. The molecule has 168 valence electrons. The van der Waals surface area contributed by atoms with E-state index in [1.807, 2.05) is 13.1 Å². The highest BCUT2D eigenvalue weighted by atomic mass is 127. The van der Waals surface area contributed by atoms with Crippen molar-refractivity contribution in [1.29, 1.82) is 0 Å². The van der Waals surface area contributed by atoms with Crippen LogP contribution in [0.15, 0.2) is 35.3 Å². The van der Waals surface area contributed by atoms with Gasteiger partial charge in [-0.3, -0.25) is 4.99 Å². The first-order valence-electron chi connectivity index (χ1n) is 11.0. The summed E-state index contributed by atoms with van der Waals surface area (Å²) in [5.41, 5.74) is 1.34. The molecule has 2 N–H and O–H groups in total. The molecule has 1 aromatic rings. The Morgan fingerprint density at radius 3 is 2.45 bits per heavy atom. The Morgan fingerprint density at radius 1 is 1.07 bits per heavy atom. The summed E-state index contributed by atoms with van der Waals surface area (Å²) in [6.45, 7) is 12.7. The second-order valence-corrected chi connectivity index (χ2v) is 7.27. The molecule has 6 heteroatoms. The van der Waals surface area contributed by atoms with E-state index in [0.29, 0.717) is 6.04 Å². The Hall–Kier alpha value is -0.860. The molecule has 0 aliphatic rings. The van der Waals surface area contributed by atoms with E-state index in [0.717, 1.165) is 64.5 Å². The van der Waals surface area contributed by atoms with Gasteiger partial charge >= 0.3 is 0 Å². The number of guanidine groups is 1. The third kappa shape index (κ3) is 14.7. The van der Waals surface area contributed by atoms with Crippen LogP contribution >= 0.6 is 24.0 Å². The van der Waals surface area contributed by atoms with Crippen LogP contribution in [0, 0.1) is 0 Å². The number of nitrogens with one attached hydrogen (secondary N) is 2. The SMILES string of the molecule is CCN(CC)CCCC(C)NC(=NC)NCCCCOCCc1ccccc1.I. The van der Waals surface area contributed by atoms with Gasteiger partial charge in [0, 0.05) is 26.2 Å². The molecule has 0 bridgehead atoms. The van der Waals surface area contributed by atoms with Crippen LogP contribution in [0.1, 0.15) is 52.0 Å². The largest absolute Gasteiger partial charge is 0.381 e. The predicted octanol–water partition coefficient (Wildman–Crippen LogP) is 4.32. The van der Waals surface area contributed by atoms with E-state index in [9.17, 15) is 0 Å². The van der Waals surface area contributed by atoms with Crippen molar-refractivity contribution in [3.05, 3.63) is 35.9 Å². The molecule has 0 spiro atoms. The smallest absolute Gasteiger partial charge is 0.191 e. The fourth-order valence-corrected chi connectivity index (χ4v) is 3.13. The van der Waals surface area contributed by atoms with E-state index in [2.05, 4.69) is 65.6 Å². The lowest BCUT2D eigenvalue weighted by atomic mass is 10.2. The highest BCUT2D eigenvalue weighted by Gasteiger charge is 2.06. The molecule has 0 saturated heterocycles. The Morgan fingerprint density at radius 2 is 1.79 bits per heavy atom. The average Bonchev–Trinajstić information content (AvgIpc) is 2.73. The summed E-state index contributed by atoms with van der Waals surface area (Å²) in [4.78, 5) is 6.81. The van der Waals surface area contributed by atoms with Gasteiger partial charge in [-0.1, -0.05) is 44.2 Å². The third-order valence-electron chi connectivity index (χ3n) is 5.00. The maximum absolute atomic E-state index is 5.74. The molecule has 0 heterocycles. The quantitative estimate of drug-likeness (QED) is 0.157. The minimum atomic E-state index is 0. The van der Waals surface area contributed by atoms with Gasteiger partial charge in [0.15, 0.2) is 5.96 Å². The van der Waals surface area contributed by atoms with E-state index in [1.165, 1.54) is 18.5 Å². The normalized spacial score (nSPS) is 12.5. The lowest BCUT2D eigenvalue weighted by Crippen LogP contribution is -2.42. The van der Waals surface area contributed by atoms with Crippen LogP contribution in [-0.2, 0) is 11.2 Å². The molecular weight excluding hydrogens is 475 g/mol. The van der Waals surface area contributed by atoms with Crippen molar-refractivity contribution in [3.63, 3.8) is 0 Å². The fourth-order valence-electron chi connectivity index (χ4n) is 3.13. The first-order chi connectivity index (χ1) is 13.7. The lowest BCUT2D eigenvalue weighted by molar-refractivity contribution is 0.133. The maximum Gasteiger partial charge on any atom is 0.191 e. The highest BCUT2D eigenvalue weighted by Crippen LogP contribution is 2.01. The van der Waals surface area contributed by atoms with Crippen LogP contribution in [-0.4, -0.2) is 63.3 Å². The summed E-state index contributed by atoms with van der Waals surface area (Å²) in [6, 6.07) is 10.9. The fraction of sp³-hybridized carbons (Fsp3) is 0.696. The number of halogens is 1. The summed E-state index contributed by atoms with van der Waals surface area (Å²) in [6.07, 6.45) is 5.52. The monoisotopic (exact) mass is 518 g/mol. The van der Waals surface area contributed by atoms with Gasteiger partial charge in [-0.2, -0.15) is 0 Å². The maximum atomic E-state index is 5.74. The Kier molecular flexibility index (Phi) is 18.6. The summed E-state index contributed by atoms with van der Waals surface area (Å²) < 4.78 is 5.74. The molecule has 1 atom stereocenters. The standard InChI is InChI=1S/C23H42N4O.HI/c1-5-27(6-2)18-12-13-21(3)26-23(24-4)25-17-10-11-19-28-20-16-22-14-8-7-9-15-22;/h7-9,14-15,21H,5-6,10-13,16-20H2,1-4H3,(H2,24,25,26);1H. The summed E-state index contributed by atoms with van der Waals surface area (Å²) in [5, 5.41) is 6.91. The number of nitrogens with zero attached hydrogens (tertiary/aromatic N) is 2. The minimum Gasteiger partial charge on any atom is -0.381 e. The first-order valence-corrected chi connectivity index (χ1v) is 11.0. The lowest BCUT2D eigenvalue weighted by Gasteiger charge is -2.21. The zero-order valence-electron chi connectivity index (χ0n) is 19.0. The van der Waals surface area contributed by atoms with E-state index < -0.39 is 0 Å². The van der Waals surface area contributed by atoms with Crippen LogP contribution in [0.5, 0.6) is 0 Å². The number of ether oxygens (including phenoxy) is 1. The summed E-state index contributed by atoms with van der Waals surface area (Å²) in [5.74, 6) is 0.903. The zero-order valence-corrected chi connectivity index (χ0v) is 21.3. The molecule has 0 radical (unpaired) electrons.